The lowest BCUT2D eigenvalue weighted by Gasteiger charge is -2.33. The summed E-state index contributed by atoms with van der Waals surface area (Å²) in [4.78, 5) is 20.6. The van der Waals surface area contributed by atoms with Gasteiger partial charge in [-0.05, 0) is 63.9 Å². The lowest BCUT2D eigenvalue weighted by atomic mass is 10.0. The van der Waals surface area contributed by atoms with E-state index in [-0.39, 0.29) is 23.9 Å². The fourth-order valence-electron chi connectivity index (χ4n) is 4.30. The summed E-state index contributed by atoms with van der Waals surface area (Å²) < 4.78 is 7.61. The number of hydrogen-bond donors (Lipinski definition) is 1. The Balaban J connectivity index is 1.61. The fraction of sp³-hybridized carbons (Fsp3) is 0.542. The van der Waals surface area contributed by atoms with Crippen LogP contribution in [0.5, 0.6) is 0 Å². The van der Waals surface area contributed by atoms with Crippen molar-refractivity contribution in [3.8, 4) is 0 Å². The van der Waals surface area contributed by atoms with E-state index in [1.165, 1.54) is 19.3 Å². The van der Waals surface area contributed by atoms with E-state index < -0.39 is 0 Å². The second kappa shape index (κ2) is 9.22. The maximum absolute atomic E-state index is 13.3. The molecular formula is C24H33N5O2. The number of carbonyl (C=O) groups is 1. The van der Waals surface area contributed by atoms with Crippen molar-refractivity contribution in [1.29, 1.82) is 0 Å². The van der Waals surface area contributed by atoms with E-state index in [0.717, 1.165) is 35.6 Å². The molecule has 0 aromatic carbocycles. The Bertz CT molecular complexity index is 1020. The number of piperidine rings is 1. The average Bonchev–Trinajstić information content (AvgIpc) is 3.44. The summed E-state index contributed by atoms with van der Waals surface area (Å²) in [6, 6.07) is 6.04. The molecule has 166 valence electrons. The Morgan fingerprint density at radius 1 is 1.19 bits per heavy atom. The molecule has 1 amide bonds. The van der Waals surface area contributed by atoms with Crippen molar-refractivity contribution in [2.24, 2.45) is 0 Å². The van der Waals surface area contributed by atoms with Gasteiger partial charge < -0.3 is 9.73 Å². The fourth-order valence-corrected chi connectivity index (χ4v) is 4.30. The molecule has 4 heterocycles. The van der Waals surface area contributed by atoms with Crippen LogP contribution in [-0.2, 0) is 0 Å². The zero-order valence-electron chi connectivity index (χ0n) is 19.0. The lowest BCUT2D eigenvalue weighted by Crippen LogP contribution is -2.40. The van der Waals surface area contributed by atoms with Gasteiger partial charge in [0.15, 0.2) is 5.65 Å². The third-order valence-corrected chi connectivity index (χ3v) is 6.07. The molecule has 1 fully saturated rings. The number of furan rings is 1. The molecule has 0 aliphatic carbocycles. The van der Waals surface area contributed by atoms with Crippen LogP contribution < -0.4 is 5.32 Å². The number of rotatable bonds is 7. The van der Waals surface area contributed by atoms with Gasteiger partial charge in [0.2, 0.25) is 0 Å². The van der Waals surface area contributed by atoms with Crippen molar-refractivity contribution >= 4 is 16.9 Å². The van der Waals surface area contributed by atoms with Crippen LogP contribution in [0.25, 0.3) is 11.0 Å². The zero-order valence-corrected chi connectivity index (χ0v) is 19.0. The van der Waals surface area contributed by atoms with Crippen LogP contribution in [0.4, 0.5) is 0 Å². The molecule has 1 N–H and O–H groups in total. The number of amides is 1. The molecule has 1 saturated heterocycles. The Kier molecular flexibility index (Phi) is 6.41. The first-order valence-corrected chi connectivity index (χ1v) is 11.4. The summed E-state index contributed by atoms with van der Waals surface area (Å²) in [7, 11) is 0. The maximum Gasteiger partial charge on any atom is 0.252 e. The van der Waals surface area contributed by atoms with E-state index in [0.29, 0.717) is 12.1 Å². The van der Waals surface area contributed by atoms with Gasteiger partial charge >= 0.3 is 0 Å². The van der Waals surface area contributed by atoms with Gasteiger partial charge in [-0.3, -0.25) is 9.69 Å². The number of nitrogens with zero attached hydrogens (tertiary/aromatic N) is 4. The summed E-state index contributed by atoms with van der Waals surface area (Å²) >= 11 is 0. The van der Waals surface area contributed by atoms with Gasteiger partial charge in [0.05, 0.1) is 29.5 Å². The van der Waals surface area contributed by atoms with E-state index >= 15 is 0 Å². The number of pyridine rings is 1. The van der Waals surface area contributed by atoms with Gasteiger partial charge in [-0.2, -0.15) is 5.10 Å². The van der Waals surface area contributed by atoms with Crippen LogP contribution in [0.1, 0.15) is 86.8 Å². The summed E-state index contributed by atoms with van der Waals surface area (Å²) in [6.07, 6.45) is 7.09. The number of nitrogens with one attached hydrogen (secondary N) is 1. The van der Waals surface area contributed by atoms with Crippen LogP contribution in [-0.4, -0.2) is 45.2 Å². The highest BCUT2D eigenvalue weighted by atomic mass is 16.3. The second-order valence-corrected chi connectivity index (χ2v) is 9.01. The maximum atomic E-state index is 13.3. The van der Waals surface area contributed by atoms with Crippen molar-refractivity contribution in [3.63, 3.8) is 0 Å². The van der Waals surface area contributed by atoms with Gasteiger partial charge in [0.25, 0.3) is 5.91 Å². The minimum atomic E-state index is -0.0915. The molecule has 0 spiro atoms. The highest BCUT2D eigenvalue weighted by Crippen LogP contribution is 2.26. The Hall–Kier alpha value is -2.67. The quantitative estimate of drug-likeness (QED) is 0.597. The van der Waals surface area contributed by atoms with E-state index in [9.17, 15) is 4.79 Å². The molecule has 0 radical (unpaired) electrons. The third kappa shape index (κ3) is 4.51. The zero-order chi connectivity index (χ0) is 22.0. The summed E-state index contributed by atoms with van der Waals surface area (Å²) in [5, 5.41) is 8.47. The topological polar surface area (TPSA) is 76.2 Å². The Labute approximate surface area is 183 Å². The summed E-state index contributed by atoms with van der Waals surface area (Å²) in [6.45, 7) is 10.9. The molecule has 0 saturated carbocycles. The first-order valence-electron chi connectivity index (χ1n) is 11.4. The van der Waals surface area contributed by atoms with E-state index in [1.54, 1.807) is 12.5 Å². The van der Waals surface area contributed by atoms with Crippen LogP contribution in [0.2, 0.25) is 0 Å². The molecule has 7 heteroatoms. The standard InChI is InChI=1S/C24H33N5O2/c1-16(2)20-13-18(19-14-26-29(17(3)4)23(19)27-20)24(30)25-15-21(22-9-8-12-31-22)28-10-6-5-7-11-28/h8-9,12-14,16-17,21H,5-7,10-11,15H2,1-4H3,(H,25,30). The van der Waals surface area contributed by atoms with Gasteiger partial charge in [0, 0.05) is 18.3 Å². The normalized spacial score (nSPS) is 16.3. The van der Waals surface area contributed by atoms with Crippen molar-refractivity contribution in [2.75, 3.05) is 19.6 Å². The molecule has 1 atom stereocenters. The van der Waals surface area contributed by atoms with Crippen molar-refractivity contribution in [2.45, 2.75) is 65.0 Å². The third-order valence-electron chi connectivity index (χ3n) is 6.07. The van der Waals surface area contributed by atoms with Crippen LogP contribution in [0, 0.1) is 0 Å². The number of likely N-dealkylation sites (tertiary alicyclic amines) is 1. The molecular weight excluding hydrogens is 390 g/mol. The molecule has 1 aliphatic rings. The van der Waals surface area contributed by atoms with E-state index in [1.807, 2.05) is 22.9 Å². The van der Waals surface area contributed by atoms with Gasteiger partial charge in [-0.1, -0.05) is 20.3 Å². The summed E-state index contributed by atoms with van der Waals surface area (Å²) in [5.74, 6) is 1.03. The number of hydrogen-bond acceptors (Lipinski definition) is 5. The van der Waals surface area contributed by atoms with Crippen molar-refractivity contribution in [3.05, 3.63) is 47.7 Å². The molecule has 31 heavy (non-hydrogen) atoms. The van der Waals surface area contributed by atoms with Crippen LogP contribution in [0.3, 0.4) is 0 Å². The predicted molar refractivity (Wildman–Crippen MR) is 121 cm³/mol. The molecule has 1 aliphatic heterocycles. The monoisotopic (exact) mass is 423 g/mol. The lowest BCUT2D eigenvalue weighted by molar-refractivity contribution is 0.0915. The van der Waals surface area contributed by atoms with Crippen LogP contribution >= 0.6 is 0 Å². The first kappa shape index (κ1) is 21.6. The molecule has 0 bridgehead atoms. The van der Waals surface area contributed by atoms with Crippen molar-refractivity contribution in [1.82, 2.24) is 25.0 Å². The van der Waals surface area contributed by atoms with Gasteiger partial charge in [-0.15, -0.1) is 0 Å². The van der Waals surface area contributed by atoms with E-state index in [4.69, 9.17) is 9.40 Å². The van der Waals surface area contributed by atoms with E-state index in [2.05, 4.69) is 43.0 Å². The minimum Gasteiger partial charge on any atom is -0.468 e. The van der Waals surface area contributed by atoms with Crippen LogP contribution in [0.15, 0.2) is 35.1 Å². The highest BCUT2D eigenvalue weighted by Gasteiger charge is 2.26. The van der Waals surface area contributed by atoms with Crippen molar-refractivity contribution < 1.29 is 9.21 Å². The SMILES string of the molecule is CC(C)c1cc(C(=O)NCC(c2ccco2)N2CCCCC2)c2cnn(C(C)C)c2n1. The molecule has 3 aromatic rings. The smallest absolute Gasteiger partial charge is 0.252 e. The molecule has 1 unspecified atom stereocenters. The second-order valence-electron chi connectivity index (χ2n) is 9.01. The van der Waals surface area contributed by atoms with Gasteiger partial charge in [0.1, 0.15) is 5.76 Å². The number of aromatic nitrogens is 3. The highest BCUT2D eigenvalue weighted by molar-refractivity contribution is 6.05. The minimum absolute atomic E-state index is 0.0412. The Morgan fingerprint density at radius 3 is 2.61 bits per heavy atom. The predicted octanol–water partition coefficient (Wildman–Crippen LogP) is 4.69. The first-order chi connectivity index (χ1) is 15.0. The number of carbonyl (C=O) groups excluding carboxylic acids is 1. The molecule has 3 aromatic heterocycles. The largest absolute Gasteiger partial charge is 0.468 e. The number of fused-ring (bicyclic) bond motifs is 1. The molecule has 7 nitrogen and oxygen atoms in total. The van der Waals surface area contributed by atoms with Gasteiger partial charge in [-0.25, -0.2) is 9.67 Å². The average molecular weight is 424 g/mol. The summed E-state index contributed by atoms with van der Waals surface area (Å²) in [5.41, 5.74) is 2.31. The Morgan fingerprint density at radius 2 is 1.97 bits per heavy atom. The molecule has 4 rings (SSSR count).